The molecule has 60 heavy (non-hydrogen) atoms. The van der Waals surface area contributed by atoms with Crippen molar-refractivity contribution in [1.82, 2.24) is 20.6 Å². The molecule has 0 spiro atoms. The number of nitrogens with zero attached hydrogens (tertiary/aromatic N) is 2. The fourth-order valence-corrected chi connectivity index (χ4v) is 7.10. The van der Waals surface area contributed by atoms with Crippen LogP contribution in [0.4, 0.5) is 0 Å². The first-order chi connectivity index (χ1) is 29.3. The summed E-state index contributed by atoms with van der Waals surface area (Å²) in [5, 5.41) is 29.9. The van der Waals surface area contributed by atoms with Crippen molar-refractivity contribution in [3.8, 4) is 23.0 Å². The maximum Gasteiger partial charge on any atom is 0.258 e. The predicted octanol–water partition coefficient (Wildman–Crippen LogP) is 9.76. The van der Waals surface area contributed by atoms with Gasteiger partial charge in [-0.25, -0.2) is 0 Å². The molecule has 0 aliphatic rings. The van der Waals surface area contributed by atoms with Crippen LogP contribution in [0.5, 0.6) is 23.0 Å². The lowest BCUT2D eigenvalue weighted by Crippen LogP contribution is -2.33. The van der Waals surface area contributed by atoms with Crippen LogP contribution in [0, 0.1) is 0 Å². The minimum absolute atomic E-state index is 0.0202. The third kappa shape index (κ3) is 9.93. The van der Waals surface area contributed by atoms with Crippen molar-refractivity contribution in [2.24, 2.45) is 0 Å². The number of para-hydroxylation sites is 2. The van der Waals surface area contributed by atoms with Crippen LogP contribution in [-0.4, -0.2) is 45.2 Å². The Balaban J connectivity index is 0.000000181. The lowest BCUT2D eigenvalue weighted by Gasteiger charge is -2.22. The van der Waals surface area contributed by atoms with Crippen molar-refractivity contribution in [1.29, 1.82) is 0 Å². The van der Waals surface area contributed by atoms with E-state index in [4.69, 9.17) is 32.7 Å². The number of amides is 2. The number of aromatic hydroxyl groups is 2. The fourth-order valence-electron chi connectivity index (χ4n) is 6.56. The molecule has 2 heterocycles. The quantitative estimate of drug-likeness (QED) is 0.0953. The molecule has 0 radical (unpaired) electrons. The Morgan fingerprint density at radius 3 is 1.23 bits per heavy atom. The molecule has 0 aliphatic carbocycles. The third-order valence-corrected chi connectivity index (χ3v) is 10.0. The van der Waals surface area contributed by atoms with Gasteiger partial charge in [-0.2, -0.15) is 0 Å². The van der Waals surface area contributed by atoms with Crippen molar-refractivity contribution in [2.75, 3.05) is 13.2 Å². The molecular weight excluding hydrogens is 799 g/mol. The predicted molar refractivity (Wildman–Crippen MR) is 234 cm³/mol. The van der Waals surface area contributed by atoms with E-state index in [2.05, 4.69) is 20.6 Å². The molecule has 4 N–H and O–H groups in total. The molecule has 8 rings (SSSR count). The molecule has 2 amide bonds. The van der Waals surface area contributed by atoms with Crippen LogP contribution in [0.25, 0.3) is 21.8 Å². The van der Waals surface area contributed by atoms with Gasteiger partial charge in [0.05, 0.1) is 22.1 Å². The third-order valence-electron chi connectivity index (χ3n) is 9.41. The monoisotopic (exact) mass is 836 g/mol. The van der Waals surface area contributed by atoms with E-state index >= 15 is 0 Å². The van der Waals surface area contributed by atoms with E-state index in [1.807, 2.05) is 97.1 Å². The van der Waals surface area contributed by atoms with E-state index in [0.717, 1.165) is 11.1 Å². The second-order valence-corrected chi connectivity index (χ2v) is 14.2. The average molecular weight is 838 g/mol. The zero-order chi connectivity index (χ0) is 41.8. The van der Waals surface area contributed by atoms with Gasteiger partial charge in [0.15, 0.2) is 13.2 Å². The van der Waals surface area contributed by atoms with E-state index in [9.17, 15) is 19.8 Å². The number of pyridine rings is 2. The summed E-state index contributed by atoms with van der Waals surface area (Å²) in [7, 11) is 0. The van der Waals surface area contributed by atoms with Crippen LogP contribution in [-0.2, 0) is 9.59 Å². The Labute approximate surface area is 356 Å². The topological polar surface area (TPSA) is 143 Å². The van der Waals surface area contributed by atoms with Crippen LogP contribution >= 0.6 is 23.2 Å². The SMILES string of the molecule is O=C(COc1ccccc1)N[C@@H](c1ccccc1)c1cc(Cl)c2cccnc2c1O.O=C(COc1ccccc1)N[C@H](c1ccccc1)c1cc(Cl)c2cccnc2c1O. The number of rotatable bonds is 12. The summed E-state index contributed by atoms with van der Waals surface area (Å²) >= 11 is 12.9. The van der Waals surface area contributed by atoms with Gasteiger partial charge in [0, 0.05) is 34.3 Å². The number of hydrogen-bond acceptors (Lipinski definition) is 8. The number of phenols is 2. The van der Waals surface area contributed by atoms with E-state index in [0.29, 0.717) is 54.5 Å². The zero-order valence-electron chi connectivity index (χ0n) is 31.9. The number of fused-ring (bicyclic) bond motifs is 2. The second kappa shape index (κ2) is 19.5. The first-order valence-electron chi connectivity index (χ1n) is 18.8. The molecule has 8 aromatic rings. The Kier molecular flexibility index (Phi) is 13.4. The summed E-state index contributed by atoms with van der Waals surface area (Å²) < 4.78 is 11.1. The van der Waals surface area contributed by atoms with Gasteiger partial charge in [0.2, 0.25) is 0 Å². The summed E-state index contributed by atoms with van der Waals surface area (Å²) in [5.41, 5.74) is 3.29. The number of ether oxygens (including phenoxy) is 2. The number of hydrogen-bond donors (Lipinski definition) is 4. The normalized spacial score (nSPS) is 11.8. The molecule has 0 saturated carbocycles. The fraction of sp³-hybridized carbons (Fsp3) is 0.0833. The molecule has 2 aromatic heterocycles. The van der Waals surface area contributed by atoms with Gasteiger partial charge >= 0.3 is 0 Å². The van der Waals surface area contributed by atoms with Crippen molar-refractivity contribution in [3.05, 3.63) is 202 Å². The number of halogens is 2. The van der Waals surface area contributed by atoms with Crippen LogP contribution in [0.15, 0.2) is 170 Å². The molecule has 12 heteroatoms. The van der Waals surface area contributed by atoms with Crippen LogP contribution < -0.4 is 20.1 Å². The van der Waals surface area contributed by atoms with E-state index in [-0.39, 0.29) is 36.5 Å². The molecule has 6 aromatic carbocycles. The molecule has 300 valence electrons. The van der Waals surface area contributed by atoms with Gasteiger partial charge in [-0.1, -0.05) is 120 Å². The maximum absolute atomic E-state index is 12.7. The number of carbonyl (C=O) groups excluding carboxylic acids is 2. The number of carbonyl (C=O) groups is 2. The maximum atomic E-state index is 12.7. The summed E-state index contributed by atoms with van der Waals surface area (Å²) in [5.74, 6) is 0.504. The first kappa shape index (κ1) is 41.0. The molecule has 0 unspecified atom stereocenters. The van der Waals surface area contributed by atoms with Gasteiger partial charge in [-0.15, -0.1) is 0 Å². The number of aromatic nitrogens is 2. The van der Waals surface area contributed by atoms with Crippen molar-refractivity contribution < 1.29 is 29.3 Å². The van der Waals surface area contributed by atoms with E-state index < -0.39 is 12.1 Å². The summed E-state index contributed by atoms with van der Waals surface area (Å²) in [6.07, 6.45) is 3.18. The highest BCUT2D eigenvalue weighted by molar-refractivity contribution is 6.36. The molecule has 0 fully saturated rings. The lowest BCUT2D eigenvalue weighted by molar-refractivity contribution is -0.124. The largest absolute Gasteiger partial charge is 0.505 e. The molecular formula is C48H38Cl2N4O6. The zero-order valence-corrected chi connectivity index (χ0v) is 33.4. The Morgan fingerprint density at radius 1 is 0.517 bits per heavy atom. The lowest BCUT2D eigenvalue weighted by atomic mass is 9.96. The highest BCUT2D eigenvalue weighted by atomic mass is 35.5. The Hall–Kier alpha value is -7.14. The van der Waals surface area contributed by atoms with Crippen molar-refractivity contribution in [3.63, 3.8) is 0 Å². The molecule has 10 nitrogen and oxygen atoms in total. The molecule has 2 atom stereocenters. The highest BCUT2D eigenvalue weighted by Gasteiger charge is 2.25. The minimum Gasteiger partial charge on any atom is -0.505 e. The van der Waals surface area contributed by atoms with E-state index in [1.54, 1.807) is 73.1 Å². The number of nitrogens with one attached hydrogen (secondary N) is 2. The number of benzene rings is 6. The first-order valence-corrected chi connectivity index (χ1v) is 19.6. The average Bonchev–Trinajstić information content (AvgIpc) is 3.30. The Bertz CT molecular complexity index is 2520. The second-order valence-electron chi connectivity index (χ2n) is 13.4. The minimum atomic E-state index is -0.623. The van der Waals surface area contributed by atoms with Crippen molar-refractivity contribution in [2.45, 2.75) is 12.1 Å². The van der Waals surface area contributed by atoms with Gasteiger partial charge in [-0.3, -0.25) is 19.6 Å². The Morgan fingerprint density at radius 2 is 0.867 bits per heavy atom. The molecule has 0 saturated heterocycles. The molecule has 0 aliphatic heterocycles. The van der Waals surface area contributed by atoms with Crippen molar-refractivity contribution >= 4 is 56.8 Å². The van der Waals surface area contributed by atoms with E-state index in [1.165, 1.54) is 0 Å². The van der Waals surface area contributed by atoms with Gasteiger partial charge < -0.3 is 30.3 Å². The van der Waals surface area contributed by atoms with Gasteiger partial charge in [-0.05, 0) is 71.8 Å². The smallest absolute Gasteiger partial charge is 0.258 e. The number of phenolic OH excluding ortho intramolecular Hbond substituents is 2. The summed E-state index contributed by atoms with van der Waals surface area (Å²) in [6, 6.07) is 46.1. The summed E-state index contributed by atoms with van der Waals surface area (Å²) in [4.78, 5) is 33.9. The highest BCUT2D eigenvalue weighted by Crippen LogP contribution is 2.40. The van der Waals surface area contributed by atoms with Gasteiger partial charge in [0.1, 0.15) is 34.0 Å². The standard InChI is InChI=1S/2C24H19ClN2O3/c2*25-20-14-19(24(29)23-18(20)12-7-13-26-23)22(16-8-3-1-4-9-16)27-21(28)15-30-17-10-5-2-6-11-17/h2*1-14,22,29H,15H2,(H,27,28)/t2*22-/m10/s1. The van der Waals surface area contributed by atoms with Crippen LogP contribution in [0.2, 0.25) is 10.0 Å². The molecule has 0 bridgehead atoms. The van der Waals surface area contributed by atoms with Gasteiger partial charge in [0.25, 0.3) is 11.8 Å². The summed E-state index contributed by atoms with van der Waals surface area (Å²) in [6.45, 7) is -0.318. The van der Waals surface area contributed by atoms with Crippen LogP contribution in [0.1, 0.15) is 34.3 Å². The van der Waals surface area contributed by atoms with Crippen LogP contribution in [0.3, 0.4) is 0 Å².